The number of carbonyl (C=O) groups is 5. The van der Waals surface area contributed by atoms with E-state index in [2.05, 4.69) is 62.5 Å². The number of amides is 6. The Balaban J connectivity index is 0.786. The molecule has 1 unspecified atom stereocenters. The zero-order valence-corrected chi connectivity index (χ0v) is 37.0. The lowest BCUT2D eigenvalue weighted by atomic mass is 9.99. The Hall–Kier alpha value is -6.68. The maximum absolute atomic E-state index is 13.4. The third-order valence-electron chi connectivity index (χ3n) is 13.4. The maximum Gasteiger partial charge on any atom is 0.318 e. The van der Waals surface area contributed by atoms with E-state index >= 15 is 0 Å². The summed E-state index contributed by atoms with van der Waals surface area (Å²) in [5, 5.41) is 14.2. The Kier molecular flexibility index (Phi) is 13.1. The predicted molar refractivity (Wildman–Crippen MR) is 242 cm³/mol. The number of anilines is 2. The first-order valence-corrected chi connectivity index (χ1v) is 22.7. The Morgan fingerprint density at radius 2 is 1.74 bits per heavy atom. The van der Waals surface area contributed by atoms with Crippen molar-refractivity contribution in [2.24, 2.45) is 5.73 Å². The highest BCUT2D eigenvalue weighted by Crippen LogP contribution is 2.36. The van der Waals surface area contributed by atoms with E-state index in [1.807, 2.05) is 19.2 Å². The average Bonchev–Trinajstić information content (AvgIpc) is 3.80. The number of nitrogens with zero attached hydrogens (tertiary/aromatic N) is 8. The molecule has 3 N–H and O–H groups in total. The number of fused-ring (bicyclic) bond motifs is 3. The molecule has 4 aromatic rings. The van der Waals surface area contributed by atoms with Crippen molar-refractivity contribution in [2.45, 2.75) is 75.7 Å². The molecule has 6 amide bonds. The van der Waals surface area contributed by atoms with E-state index in [1.54, 1.807) is 17.0 Å². The second-order valence-corrected chi connectivity index (χ2v) is 17.6. The Morgan fingerprint density at radius 1 is 0.909 bits per heavy atom. The Bertz CT molecular complexity index is 2580. The number of aryl methyl sites for hydroxylation is 1. The van der Waals surface area contributed by atoms with E-state index in [4.69, 9.17) is 29.9 Å². The molecule has 6 heterocycles. The largest absolute Gasteiger partial charge is 0.462 e. The molecule has 5 aliphatic rings. The number of likely N-dealkylation sites (N-methyl/N-ethyl adjacent to an activating group) is 1. The topological polar surface area (TPSA) is 217 Å². The molecule has 0 bridgehead atoms. The molecule has 4 atom stereocenters. The van der Waals surface area contributed by atoms with Crippen LogP contribution in [0.2, 0.25) is 0 Å². The average molecular weight is 899 g/mol. The maximum atomic E-state index is 13.4. The highest BCUT2D eigenvalue weighted by Gasteiger charge is 2.45. The number of ether oxygens (including phenoxy) is 3. The van der Waals surface area contributed by atoms with Crippen molar-refractivity contribution in [1.29, 1.82) is 5.26 Å². The van der Waals surface area contributed by atoms with Gasteiger partial charge >= 0.3 is 12.0 Å². The lowest BCUT2D eigenvalue weighted by molar-refractivity contribution is -0.136. The number of benzene rings is 3. The van der Waals surface area contributed by atoms with Crippen LogP contribution in [0.25, 0.3) is 10.8 Å². The van der Waals surface area contributed by atoms with Crippen molar-refractivity contribution >= 4 is 51.9 Å². The number of primary amides is 1. The van der Waals surface area contributed by atoms with Gasteiger partial charge in [-0.25, -0.2) is 4.79 Å². The van der Waals surface area contributed by atoms with Gasteiger partial charge in [-0.15, -0.1) is 0 Å². The fourth-order valence-electron chi connectivity index (χ4n) is 10.1. The third kappa shape index (κ3) is 9.10. The van der Waals surface area contributed by atoms with Gasteiger partial charge in [0.15, 0.2) is 0 Å². The number of nitriles is 1. The lowest BCUT2D eigenvalue weighted by Crippen LogP contribution is -2.57. The van der Waals surface area contributed by atoms with Crippen LogP contribution in [0.15, 0.2) is 60.7 Å². The zero-order valence-electron chi connectivity index (χ0n) is 37.0. The fourth-order valence-corrected chi connectivity index (χ4v) is 10.1. The first-order chi connectivity index (χ1) is 32.1. The van der Waals surface area contributed by atoms with Crippen LogP contribution in [0, 0.1) is 11.3 Å². The fraction of sp³-hybridized carbons (Fsp3) is 0.458. The van der Waals surface area contributed by atoms with Gasteiger partial charge in [-0.3, -0.25) is 34.3 Å². The molecule has 18 nitrogen and oxygen atoms in total. The van der Waals surface area contributed by atoms with E-state index in [-0.39, 0.29) is 49.0 Å². The summed E-state index contributed by atoms with van der Waals surface area (Å²) in [4.78, 5) is 82.4. The number of carbonyl (C=O) groups excluding carboxylic acids is 5. The van der Waals surface area contributed by atoms with Gasteiger partial charge in [0.1, 0.15) is 18.5 Å². The molecule has 1 aromatic heterocycles. The molecule has 18 heteroatoms. The molecule has 0 aliphatic carbocycles. The lowest BCUT2D eigenvalue weighted by Gasteiger charge is -2.41. The number of urea groups is 1. The standard InChI is InChI=1S/C48H54N10O8/c1-54-27-34(65-24-23-64-22-6-10-31-9-4-12-37-42(31)46(62)58(45(37)61)40-14-15-41(59)52-44(40)60)25-33(54)29-66-48-51-38-28-55(39-13-5-8-30-7-2-3-11-35(30)39)19-17-36(38)43(53-48)56-20-21-57(47(50)63)32(26-56)16-18-49/h2-5,7-9,11-13,32-34,40H,6,10,14-17,19-29H2,1H3,(H2,50,63)(H,52,59,60)/t32-,33-,34+,40?/m0/s1. The highest BCUT2D eigenvalue weighted by molar-refractivity contribution is 6.24. The van der Waals surface area contributed by atoms with E-state index in [1.165, 1.54) is 10.8 Å². The number of hydrogen-bond donors (Lipinski definition) is 2. The van der Waals surface area contributed by atoms with Crippen LogP contribution in [0.5, 0.6) is 6.01 Å². The first kappa shape index (κ1) is 44.5. The smallest absolute Gasteiger partial charge is 0.318 e. The van der Waals surface area contributed by atoms with Crippen molar-refractivity contribution < 1.29 is 38.2 Å². The van der Waals surface area contributed by atoms with E-state index in [9.17, 15) is 29.2 Å². The highest BCUT2D eigenvalue weighted by atomic mass is 16.5. The van der Waals surface area contributed by atoms with Crippen LogP contribution in [0.1, 0.15) is 69.6 Å². The van der Waals surface area contributed by atoms with Crippen molar-refractivity contribution in [3.05, 3.63) is 88.6 Å². The molecular formula is C48H54N10O8. The molecule has 0 saturated carbocycles. The minimum Gasteiger partial charge on any atom is -0.462 e. The van der Waals surface area contributed by atoms with Gasteiger partial charge in [0.05, 0.1) is 61.2 Å². The monoisotopic (exact) mass is 898 g/mol. The van der Waals surface area contributed by atoms with E-state index in [0.29, 0.717) is 77.4 Å². The van der Waals surface area contributed by atoms with Gasteiger partial charge in [-0.05, 0) is 62.2 Å². The van der Waals surface area contributed by atoms with E-state index in [0.717, 1.165) is 52.7 Å². The second kappa shape index (κ2) is 19.4. The van der Waals surface area contributed by atoms with Crippen LogP contribution < -0.4 is 25.6 Å². The predicted octanol–water partition coefficient (Wildman–Crippen LogP) is 3.19. The number of hydrogen-bond acceptors (Lipinski definition) is 14. The molecule has 3 fully saturated rings. The zero-order chi connectivity index (χ0) is 45.9. The molecule has 66 heavy (non-hydrogen) atoms. The number of rotatable bonds is 15. The molecular weight excluding hydrogens is 845 g/mol. The summed E-state index contributed by atoms with van der Waals surface area (Å²) in [6, 6.07) is 20.5. The quantitative estimate of drug-likeness (QED) is 0.130. The third-order valence-corrected chi connectivity index (χ3v) is 13.4. The second-order valence-electron chi connectivity index (χ2n) is 17.6. The van der Waals surface area contributed by atoms with E-state index < -0.39 is 35.7 Å². The molecule has 0 spiro atoms. The number of piperazine rings is 1. The number of likely N-dealkylation sites (tertiary alicyclic amines) is 1. The summed E-state index contributed by atoms with van der Waals surface area (Å²) in [6.07, 6.45) is 2.89. The normalized spacial score (nSPS) is 22.1. The van der Waals surface area contributed by atoms with Crippen LogP contribution in [0.3, 0.4) is 0 Å². The van der Waals surface area contributed by atoms with Gasteiger partial charge < -0.3 is 34.6 Å². The van der Waals surface area contributed by atoms with Crippen molar-refractivity contribution in [2.75, 3.05) is 76.0 Å². The van der Waals surface area contributed by atoms with Gasteiger partial charge in [0, 0.05) is 68.4 Å². The van der Waals surface area contributed by atoms with Crippen molar-refractivity contribution in [1.82, 2.24) is 30.0 Å². The number of nitrogens with two attached hydrogens (primary N) is 1. The summed E-state index contributed by atoms with van der Waals surface area (Å²) < 4.78 is 18.6. The van der Waals surface area contributed by atoms with Crippen LogP contribution in [-0.4, -0.2) is 145 Å². The molecule has 344 valence electrons. The summed E-state index contributed by atoms with van der Waals surface area (Å²) in [6.45, 7) is 4.95. The SMILES string of the molecule is CN1C[C@H](OCCOCCCc2cccc3c2C(=O)N(C2CCC(=O)NC2=O)C3=O)C[C@H]1COc1nc2c(c(N3CCN(C(N)=O)[C@@H](CC#N)C3)n1)CCN(c1cccc3ccccc13)C2. The Morgan fingerprint density at radius 3 is 2.58 bits per heavy atom. The summed E-state index contributed by atoms with van der Waals surface area (Å²) >= 11 is 0. The van der Waals surface area contributed by atoms with Crippen molar-refractivity contribution in [3.8, 4) is 12.1 Å². The number of nitrogens with one attached hydrogen (secondary N) is 1. The van der Waals surface area contributed by atoms with Crippen molar-refractivity contribution in [3.63, 3.8) is 0 Å². The summed E-state index contributed by atoms with van der Waals surface area (Å²) in [5.41, 5.74) is 10.1. The molecule has 5 aliphatic heterocycles. The van der Waals surface area contributed by atoms with Crippen LogP contribution >= 0.6 is 0 Å². The number of aromatic nitrogens is 2. The molecule has 0 radical (unpaired) electrons. The minimum atomic E-state index is -1.01. The first-order valence-electron chi connectivity index (χ1n) is 22.7. The molecule has 9 rings (SSSR count). The Labute approximate surface area is 382 Å². The van der Waals surface area contributed by atoms with Gasteiger partial charge in [0.2, 0.25) is 11.8 Å². The van der Waals surface area contributed by atoms with Crippen LogP contribution in [-0.2, 0) is 38.4 Å². The van der Waals surface area contributed by atoms with Gasteiger partial charge in [-0.1, -0.05) is 48.5 Å². The van der Waals surface area contributed by atoms with Gasteiger partial charge in [0.25, 0.3) is 11.8 Å². The number of piperidine rings is 1. The van der Waals surface area contributed by atoms with Gasteiger partial charge in [-0.2, -0.15) is 15.2 Å². The summed E-state index contributed by atoms with van der Waals surface area (Å²) in [7, 11) is 2.05. The van der Waals surface area contributed by atoms with Crippen LogP contribution in [0.4, 0.5) is 16.3 Å². The molecule has 3 saturated heterocycles. The minimum absolute atomic E-state index is 0.0251. The molecule has 3 aromatic carbocycles. The summed E-state index contributed by atoms with van der Waals surface area (Å²) in [5.74, 6) is -1.30. The number of imide groups is 2.